The van der Waals surface area contributed by atoms with E-state index in [9.17, 15) is 30.4 Å². The number of imidazole rings is 1. The first-order chi connectivity index (χ1) is 20.7. The fourth-order valence-corrected chi connectivity index (χ4v) is 5.32. The number of hydrogen-bond donors (Lipinski definition) is 1. The lowest BCUT2D eigenvalue weighted by atomic mass is 10.0. The summed E-state index contributed by atoms with van der Waals surface area (Å²) in [6, 6.07) is 16.3. The van der Waals surface area contributed by atoms with Gasteiger partial charge >= 0.3 is 6.36 Å². The van der Waals surface area contributed by atoms with E-state index in [2.05, 4.69) is 24.8 Å². The highest BCUT2D eigenvalue weighted by molar-refractivity contribution is 7.89. The predicted molar refractivity (Wildman–Crippen MR) is 151 cm³/mol. The second-order valence-corrected chi connectivity index (χ2v) is 11.5. The lowest BCUT2D eigenvalue weighted by Gasteiger charge is -2.16. The van der Waals surface area contributed by atoms with E-state index in [4.69, 9.17) is 0 Å². The lowest BCUT2D eigenvalue weighted by Crippen LogP contribution is -2.18. The summed E-state index contributed by atoms with van der Waals surface area (Å²) in [7, 11) is -2.45. The lowest BCUT2D eigenvalue weighted by molar-refractivity contribution is -0.274. The van der Waals surface area contributed by atoms with E-state index in [-0.39, 0.29) is 10.7 Å². The number of halogens is 5. The molecule has 9 nitrogen and oxygen atoms in total. The number of hydrogen-bond acceptors (Lipinski definition) is 6. The molecule has 0 aliphatic carbocycles. The molecule has 230 valence electrons. The maximum Gasteiger partial charge on any atom is 0.573 e. The third kappa shape index (κ3) is 6.19. The van der Waals surface area contributed by atoms with Gasteiger partial charge in [-0.2, -0.15) is 8.78 Å². The molecule has 2 aromatic heterocycles. The molecule has 0 saturated heterocycles. The van der Waals surface area contributed by atoms with Crippen LogP contribution in [0, 0.1) is 6.92 Å². The molecule has 0 amide bonds. The smallest absolute Gasteiger partial charge is 0.406 e. The molecule has 15 heteroatoms. The molecule has 0 bridgehead atoms. The molecule has 44 heavy (non-hydrogen) atoms. The normalized spacial score (nSPS) is 12.5. The third-order valence-corrected chi connectivity index (χ3v) is 8.26. The van der Waals surface area contributed by atoms with Gasteiger partial charge in [0.1, 0.15) is 17.3 Å². The number of aromatic nitrogens is 5. The van der Waals surface area contributed by atoms with Crippen LogP contribution >= 0.6 is 0 Å². The molecular formula is C29H25F5N6O3S. The van der Waals surface area contributed by atoms with Gasteiger partial charge in [-0.05, 0) is 73.6 Å². The Balaban J connectivity index is 1.69. The van der Waals surface area contributed by atoms with E-state index >= 15 is 0 Å². The van der Waals surface area contributed by atoms with Gasteiger partial charge in [-0.15, -0.1) is 18.3 Å². The monoisotopic (exact) mass is 632 g/mol. The van der Waals surface area contributed by atoms with Crippen molar-refractivity contribution in [1.29, 1.82) is 0 Å². The minimum atomic E-state index is -4.86. The highest BCUT2D eigenvalue weighted by atomic mass is 32.2. The first-order valence-electron chi connectivity index (χ1n) is 13.1. The third-order valence-electron chi connectivity index (χ3n) is 6.84. The Bertz CT molecular complexity index is 1920. The fourth-order valence-electron chi connectivity index (χ4n) is 4.55. The Morgan fingerprint density at radius 1 is 0.909 bits per heavy atom. The molecule has 0 saturated carbocycles. The van der Waals surface area contributed by atoms with Crippen molar-refractivity contribution in [2.75, 3.05) is 7.05 Å². The Morgan fingerprint density at radius 2 is 1.59 bits per heavy atom. The van der Waals surface area contributed by atoms with Crippen molar-refractivity contribution in [3.8, 4) is 39.5 Å². The minimum absolute atomic E-state index is 0.0302. The van der Waals surface area contributed by atoms with Crippen LogP contribution in [-0.4, -0.2) is 46.4 Å². The van der Waals surface area contributed by atoms with Crippen molar-refractivity contribution in [3.05, 3.63) is 90.6 Å². The van der Waals surface area contributed by atoms with Crippen LogP contribution < -0.4 is 9.46 Å². The summed E-state index contributed by atoms with van der Waals surface area (Å²) < 4.78 is 101. The highest BCUT2D eigenvalue weighted by Gasteiger charge is 2.33. The van der Waals surface area contributed by atoms with Gasteiger partial charge in [0, 0.05) is 18.2 Å². The van der Waals surface area contributed by atoms with Crippen molar-refractivity contribution in [2.45, 2.75) is 37.4 Å². The number of sulfonamides is 1. The first kappa shape index (κ1) is 30.8. The number of nitrogens with zero attached hydrogens (tertiary/aromatic N) is 5. The van der Waals surface area contributed by atoms with Crippen LogP contribution in [0.2, 0.25) is 0 Å². The molecule has 0 spiro atoms. The van der Waals surface area contributed by atoms with Crippen LogP contribution in [0.15, 0.2) is 84.0 Å². The molecule has 0 unspecified atom stereocenters. The molecule has 5 aromatic rings. The molecule has 2 heterocycles. The van der Waals surface area contributed by atoms with E-state index in [0.29, 0.717) is 33.8 Å². The van der Waals surface area contributed by atoms with Gasteiger partial charge in [-0.25, -0.2) is 22.8 Å². The van der Waals surface area contributed by atoms with Gasteiger partial charge < -0.3 is 9.30 Å². The van der Waals surface area contributed by atoms with Crippen LogP contribution in [0.1, 0.15) is 24.9 Å². The van der Waals surface area contributed by atoms with Crippen LogP contribution in [0.5, 0.6) is 5.75 Å². The topological polar surface area (TPSA) is 104 Å². The highest BCUT2D eigenvalue weighted by Crippen LogP contribution is 2.35. The molecule has 0 aliphatic heterocycles. The molecule has 0 aliphatic rings. The summed E-state index contributed by atoms with van der Waals surface area (Å²) in [5, 5.41) is 8.21. The predicted octanol–water partition coefficient (Wildman–Crippen LogP) is 6.40. The van der Waals surface area contributed by atoms with E-state index in [1.165, 1.54) is 59.9 Å². The number of nitrogens with one attached hydrogen (secondary N) is 1. The summed E-state index contributed by atoms with van der Waals surface area (Å²) in [5.41, 5.74) is 2.21. The molecule has 0 radical (unpaired) electrons. The molecule has 0 atom stereocenters. The van der Waals surface area contributed by atoms with Gasteiger partial charge in [0.05, 0.1) is 28.2 Å². The Labute approximate surface area is 249 Å². The Morgan fingerprint density at radius 3 is 2.25 bits per heavy atom. The Hall–Kier alpha value is -4.63. The van der Waals surface area contributed by atoms with Gasteiger partial charge in [-0.3, -0.25) is 0 Å². The zero-order valence-electron chi connectivity index (χ0n) is 23.5. The van der Waals surface area contributed by atoms with Crippen molar-refractivity contribution >= 4 is 10.0 Å². The SMILES string of the molecule is CCC(F)(F)c1cn(-c2ccc(-c3cccc(S(=O)(=O)NC)c3)cc2-n2nncc2-c2ccc(OC(F)(F)F)cc2)c(C)n1. The fraction of sp³-hybridized carbons (Fsp3) is 0.207. The Kier molecular flexibility index (Phi) is 8.03. The van der Waals surface area contributed by atoms with Crippen LogP contribution in [0.25, 0.3) is 33.8 Å². The van der Waals surface area contributed by atoms with E-state index in [0.717, 1.165) is 12.1 Å². The largest absolute Gasteiger partial charge is 0.573 e. The quantitative estimate of drug-likeness (QED) is 0.189. The molecule has 3 aromatic carbocycles. The second-order valence-electron chi connectivity index (χ2n) is 9.64. The molecule has 5 rings (SSSR count). The maximum absolute atomic E-state index is 14.6. The van der Waals surface area contributed by atoms with Crippen molar-refractivity contribution in [2.24, 2.45) is 0 Å². The zero-order valence-corrected chi connectivity index (χ0v) is 24.3. The van der Waals surface area contributed by atoms with E-state index < -0.39 is 40.2 Å². The number of ether oxygens (including phenoxy) is 1. The van der Waals surface area contributed by atoms with Gasteiger partial charge in [-0.1, -0.05) is 30.3 Å². The maximum atomic E-state index is 14.6. The number of aryl methyl sites for hydroxylation is 1. The van der Waals surface area contributed by atoms with Gasteiger partial charge in [0.15, 0.2) is 0 Å². The summed E-state index contributed by atoms with van der Waals surface area (Å²) in [6.07, 6.45) is -2.69. The second kappa shape index (κ2) is 11.5. The average molecular weight is 633 g/mol. The van der Waals surface area contributed by atoms with Crippen molar-refractivity contribution in [3.63, 3.8) is 0 Å². The van der Waals surface area contributed by atoms with Crippen molar-refractivity contribution in [1.82, 2.24) is 29.3 Å². The molecular weight excluding hydrogens is 607 g/mol. The summed E-state index contributed by atoms with van der Waals surface area (Å²) in [4.78, 5) is 4.12. The summed E-state index contributed by atoms with van der Waals surface area (Å²) >= 11 is 0. The average Bonchev–Trinajstić information content (AvgIpc) is 3.64. The first-order valence-corrected chi connectivity index (χ1v) is 14.6. The number of rotatable bonds is 9. The van der Waals surface area contributed by atoms with Crippen LogP contribution in [0.4, 0.5) is 22.0 Å². The van der Waals surface area contributed by atoms with Gasteiger partial charge in [0.2, 0.25) is 10.0 Å². The standard InChI is InChI=1S/C29H25F5N6O3S/c1-4-28(30,31)27-17-39(18(2)37-27)24-13-10-21(20-6-5-7-23(14-20)44(41,42)35-3)15-25(24)40-26(16-36-38-40)19-8-11-22(12-9-19)43-29(32,33)34/h5-17,35H,4H2,1-3H3. The molecule has 1 N–H and O–H groups in total. The summed E-state index contributed by atoms with van der Waals surface area (Å²) in [5.74, 6) is -3.33. The molecule has 0 fully saturated rings. The van der Waals surface area contributed by atoms with Gasteiger partial charge in [0.25, 0.3) is 5.92 Å². The minimum Gasteiger partial charge on any atom is -0.406 e. The number of benzene rings is 3. The van der Waals surface area contributed by atoms with E-state index in [1.807, 2.05) is 0 Å². The summed E-state index contributed by atoms with van der Waals surface area (Å²) in [6.45, 7) is 2.92. The van der Waals surface area contributed by atoms with Crippen LogP contribution in [-0.2, 0) is 15.9 Å². The van der Waals surface area contributed by atoms with E-state index in [1.54, 1.807) is 37.3 Å². The van der Waals surface area contributed by atoms with Crippen LogP contribution in [0.3, 0.4) is 0 Å². The number of alkyl halides is 5. The zero-order chi connectivity index (χ0) is 31.9. The van der Waals surface area contributed by atoms with Crippen molar-refractivity contribution < 1.29 is 35.1 Å².